The lowest BCUT2D eigenvalue weighted by atomic mass is 9.59. The third-order valence-corrected chi connectivity index (χ3v) is 5.62. The zero-order chi connectivity index (χ0) is 14.3. The largest absolute Gasteiger partial charge is 0.508 e. The van der Waals surface area contributed by atoms with Crippen LogP contribution in [0.1, 0.15) is 37.8 Å². The number of benzene rings is 1. The van der Waals surface area contributed by atoms with Gasteiger partial charge in [-0.25, -0.2) is 0 Å². The fourth-order valence-corrected chi connectivity index (χ4v) is 4.17. The van der Waals surface area contributed by atoms with Crippen molar-refractivity contribution in [3.8, 4) is 11.8 Å². The summed E-state index contributed by atoms with van der Waals surface area (Å²) in [4.78, 5) is 2.49. The Bertz CT molecular complexity index is 563. The summed E-state index contributed by atoms with van der Waals surface area (Å²) in [6, 6.07) is 8.64. The van der Waals surface area contributed by atoms with Crippen LogP contribution in [0.5, 0.6) is 5.75 Å². The zero-order valence-electron chi connectivity index (χ0n) is 12.3. The summed E-state index contributed by atoms with van der Waals surface area (Å²) in [5, 5.41) is 18.6. The Labute approximate surface area is 120 Å². The molecule has 1 aromatic rings. The molecular weight excluding hydrogens is 248 g/mol. The van der Waals surface area contributed by atoms with Crippen molar-refractivity contribution < 1.29 is 5.11 Å². The summed E-state index contributed by atoms with van der Waals surface area (Å²) in [5.74, 6) is 0.937. The molecule has 1 aliphatic heterocycles. The predicted molar refractivity (Wildman–Crippen MR) is 78.5 cm³/mol. The lowest BCUT2D eigenvalue weighted by Crippen LogP contribution is -2.58. The Kier molecular flexibility index (Phi) is 3.22. The number of phenols is 1. The van der Waals surface area contributed by atoms with Gasteiger partial charge in [0.05, 0.1) is 6.07 Å². The van der Waals surface area contributed by atoms with Crippen LogP contribution in [0, 0.1) is 17.2 Å². The van der Waals surface area contributed by atoms with Crippen LogP contribution >= 0.6 is 0 Å². The predicted octanol–water partition coefficient (Wildman–Crippen LogP) is 2.83. The number of hydrogen-bond donors (Lipinski definition) is 1. The smallest absolute Gasteiger partial charge is 0.115 e. The highest BCUT2D eigenvalue weighted by atomic mass is 16.3. The number of likely N-dealkylation sites (tertiary alicyclic amines) is 1. The lowest BCUT2D eigenvalue weighted by molar-refractivity contribution is 0.0329. The number of fused-ring (bicyclic) bond motifs is 4. The molecule has 0 saturated carbocycles. The molecule has 2 bridgehead atoms. The van der Waals surface area contributed by atoms with Crippen molar-refractivity contribution in [3.63, 3.8) is 0 Å². The van der Waals surface area contributed by atoms with Gasteiger partial charge < -0.3 is 5.11 Å². The van der Waals surface area contributed by atoms with Crippen LogP contribution in [-0.4, -0.2) is 29.1 Å². The van der Waals surface area contributed by atoms with E-state index in [1.165, 1.54) is 11.1 Å². The van der Waals surface area contributed by atoms with E-state index in [-0.39, 0.29) is 5.41 Å². The quantitative estimate of drug-likeness (QED) is 0.899. The molecule has 3 rings (SSSR count). The Morgan fingerprint density at radius 3 is 3.05 bits per heavy atom. The monoisotopic (exact) mass is 270 g/mol. The second kappa shape index (κ2) is 4.79. The molecule has 1 fully saturated rings. The summed E-state index contributed by atoms with van der Waals surface area (Å²) >= 11 is 0. The number of piperidine rings is 1. The summed E-state index contributed by atoms with van der Waals surface area (Å²) < 4.78 is 0. The van der Waals surface area contributed by atoms with Crippen molar-refractivity contribution >= 4 is 0 Å². The van der Waals surface area contributed by atoms with Gasteiger partial charge in [0.1, 0.15) is 5.75 Å². The average molecular weight is 270 g/mol. The normalized spacial score (nSPS) is 32.5. The van der Waals surface area contributed by atoms with Gasteiger partial charge >= 0.3 is 0 Å². The molecule has 106 valence electrons. The maximum Gasteiger partial charge on any atom is 0.115 e. The molecule has 3 heteroatoms. The van der Waals surface area contributed by atoms with Crippen molar-refractivity contribution in [2.75, 3.05) is 13.1 Å². The van der Waals surface area contributed by atoms with Crippen molar-refractivity contribution in [1.82, 2.24) is 4.90 Å². The molecule has 3 nitrogen and oxygen atoms in total. The van der Waals surface area contributed by atoms with Gasteiger partial charge in [0.2, 0.25) is 0 Å². The standard InChI is InChI=1S/C17H22N2O/c1-12-16-10-13-4-5-14(20)11-15(13)17(12,2)6-9-19(16)8-3-7-18/h4-5,11-12,16,20H,3,6,8-10H2,1-2H3/t12-,16?,17?/m0/s1. The summed E-state index contributed by atoms with van der Waals surface area (Å²) in [5.41, 5.74) is 2.86. The minimum atomic E-state index is 0.153. The number of phenolic OH excluding ortho intramolecular Hbond substituents is 1. The Hall–Kier alpha value is -1.53. The van der Waals surface area contributed by atoms with Crippen molar-refractivity contribution in [3.05, 3.63) is 29.3 Å². The molecule has 0 spiro atoms. The van der Waals surface area contributed by atoms with E-state index in [9.17, 15) is 5.11 Å². The van der Waals surface area contributed by atoms with Crippen LogP contribution in [-0.2, 0) is 11.8 Å². The SMILES string of the molecule is C[C@H]1C2Cc3ccc(O)cc3C1(C)CCN2CCC#N. The Balaban J connectivity index is 1.98. The topological polar surface area (TPSA) is 47.3 Å². The molecule has 2 aliphatic rings. The number of nitrogens with zero attached hydrogens (tertiary/aromatic N) is 2. The van der Waals surface area contributed by atoms with Gasteiger partial charge in [-0.2, -0.15) is 5.26 Å². The van der Waals surface area contributed by atoms with Gasteiger partial charge in [-0.3, -0.25) is 4.90 Å². The van der Waals surface area contributed by atoms with Gasteiger partial charge in [-0.05, 0) is 54.0 Å². The van der Waals surface area contributed by atoms with Gasteiger partial charge in [0, 0.05) is 19.0 Å². The average Bonchev–Trinajstić information content (AvgIpc) is 2.43. The van der Waals surface area contributed by atoms with Crippen molar-refractivity contribution in [1.29, 1.82) is 5.26 Å². The van der Waals surface area contributed by atoms with Gasteiger partial charge in [0.15, 0.2) is 0 Å². The molecule has 1 aliphatic carbocycles. The van der Waals surface area contributed by atoms with Gasteiger partial charge in [-0.1, -0.05) is 19.9 Å². The highest BCUT2D eigenvalue weighted by Gasteiger charge is 2.48. The zero-order valence-corrected chi connectivity index (χ0v) is 12.3. The van der Waals surface area contributed by atoms with E-state index < -0.39 is 0 Å². The second-order valence-corrected chi connectivity index (χ2v) is 6.51. The fraction of sp³-hybridized carbons (Fsp3) is 0.588. The lowest BCUT2D eigenvalue weighted by Gasteiger charge is -2.54. The van der Waals surface area contributed by atoms with Crippen molar-refractivity contribution in [2.45, 2.75) is 44.6 Å². The highest BCUT2D eigenvalue weighted by Crippen LogP contribution is 2.49. The van der Waals surface area contributed by atoms with Crippen LogP contribution in [0.15, 0.2) is 18.2 Å². The maximum absolute atomic E-state index is 9.81. The molecule has 2 unspecified atom stereocenters. The highest BCUT2D eigenvalue weighted by molar-refractivity contribution is 5.44. The van der Waals surface area contributed by atoms with Crippen LogP contribution < -0.4 is 0 Å². The first-order valence-electron chi connectivity index (χ1n) is 7.49. The second-order valence-electron chi connectivity index (χ2n) is 6.51. The van der Waals surface area contributed by atoms with E-state index in [1.54, 1.807) is 6.07 Å². The molecule has 1 aromatic carbocycles. The van der Waals surface area contributed by atoms with E-state index in [2.05, 4.69) is 30.9 Å². The minimum Gasteiger partial charge on any atom is -0.508 e. The summed E-state index contributed by atoms with van der Waals surface area (Å²) in [6.07, 6.45) is 2.76. The van der Waals surface area contributed by atoms with E-state index in [1.807, 2.05) is 6.07 Å². The van der Waals surface area contributed by atoms with Crippen LogP contribution in [0.3, 0.4) is 0 Å². The number of nitriles is 1. The number of rotatable bonds is 2. The Morgan fingerprint density at radius 1 is 1.50 bits per heavy atom. The minimum absolute atomic E-state index is 0.153. The summed E-state index contributed by atoms with van der Waals surface area (Å²) in [7, 11) is 0. The Morgan fingerprint density at radius 2 is 2.30 bits per heavy atom. The van der Waals surface area contributed by atoms with E-state index in [0.29, 0.717) is 24.1 Å². The van der Waals surface area contributed by atoms with Gasteiger partial charge in [-0.15, -0.1) is 0 Å². The molecule has 1 heterocycles. The fourth-order valence-electron chi connectivity index (χ4n) is 4.17. The van der Waals surface area contributed by atoms with Crippen LogP contribution in [0.25, 0.3) is 0 Å². The molecule has 1 saturated heterocycles. The first-order valence-corrected chi connectivity index (χ1v) is 7.49. The first-order chi connectivity index (χ1) is 9.56. The maximum atomic E-state index is 9.81. The third kappa shape index (κ3) is 1.91. The molecule has 1 N–H and O–H groups in total. The molecule has 0 aromatic heterocycles. The molecule has 20 heavy (non-hydrogen) atoms. The van der Waals surface area contributed by atoms with E-state index >= 15 is 0 Å². The molecule has 0 amide bonds. The van der Waals surface area contributed by atoms with Crippen molar-refractivity contribution in [2.24, 2.45) is 5.92 Å². The molecular formula is C17H22N2O. The molecule has 3 atom stereocenters. The number of hydrogen-bond acceptors (Lipinski definition) is 3. The third-order valence-electron chi connectivity index (χ3n) is 5.62. The van der Waals surface area contributed by atoms with Crippen LogP contribution in [0.2, 0.25) is 0 Å². The van der Waals surface area contributed by atoms with E-state index in [4.69, 9.17) is 5.26 Å². The first kappa shape index (κ1) is 13.5. The molecule has 0 radical (unpaired) electrons. The van der Waals surface area contributed by atoms with Crippen LogP contribution in [0.4, 0.5) is 0 Å². The number of aromatic hydroxyl groups is 1. The summed E-state index contributed by atoms with van der Waals surface area (Å²) in [6.45, 7) is 6.61. The van der Waals surface area contributed by atoms with Gasteiger partial charge in [0.25, 0.3) is 0 Å². The van der Waals surface area contributed by atoms with E-state index in [0.717, 1.165) is 25.9 Å².